The summed E-state index contributed by atoms with van der Waals surface area (Å²) in [5.41, 5.74) is 2.18. The summed E-state index contributed by atoms with van der Waals surface area (Å²) >= 11 is 1.44. The minimum atomic E-state index is -0.0376. The molecule has 3 rings (SSSR count). The molecule has 0 saturated carbocycles. The van der Waals surface area contributed by atoms with E-state index in [-0.39, 0.29) is 5.91 Å². The fraction of sp³-hybridized carbons (Fsp3) is 0.105. The molecule has 0 saturated heterocycles. The highest BCUT2D eigenvalue weighted by Gasteiger charge is 2.05. The van der Waals surface area contributed by atoms with Crippen molar-refractivity contribution in [2.75, 3.05) is 0 Å². The maximum Gasteiger partial charge on any atom is 0.261 e. The van der Waals surface area contributed by atoms with Crippen LogP contribution in [0, 0.1) is 0 Å². The summed E-state index contributed by atoms with van der Waals surface area (Å²) < 4.78 is 5.75. The predicted octanol–water partition coefficient (Wildman–Crippen LogP) is 4.26. The number of benzene rings is 2. The van der Waals surface area contributed by atoms with Crippen LogP contribution in [0.4, 0.5) is 0 Å². The highest BCUT2D eigenvalue weighted by atomic mass is 32.1. The summed E-state index contributed by atoms with van der Waals surface area (Å²) in [7, 11) is 0. The summed E-state index contributed by atoms with van der Waals surface area (Å²) in [4.78, 5) is 12.6. The highest BCUT2D eigenvalue weighted by molar-refractivity contribution is 7.12. The van der Waals surface area contributed by atoms with Gasteiger partial charge >= 0.3 is 0 Å². The predicted molar refractivity (Wildman–Crippen MR) is 92.7 cm³/mol. The van der Waals surface area contributed by atoms with E-state index >= 15 is 0 Å². The van der Waals surface area contributed by atoms with Crippen molar-refractivity contribution >= 4 is 17.2 Å². The molecule has 23 heavy (non-hydrogen) atoms. The summed E-state index contributed by atoms with van der Waals surface area (Å²) in [6.45, 7) is 1.06. The van der Waals surface area contributed by atoms with Gasteiger partial charge in [0.05, 0.1) is 4.88 Å². The number of carbonyl (C=O) groups excluding carboxylic acids is 1. The number of hydrogen-bond donors (Lipinski definition) is 1. The minimum Gasteiger partial charge on any atom is -0.489 e. The third kappa shape index (κ3) is 4.44. The Morgan fingerprint density at radius 3 is 2.39 bits per heavy atom. The quantitative estimate of drug-likeness (QED) is 0.736. The lowest BCUT2D eigenvalue weighted by Gasteiger charge is -2.08. The molecule has 2 aromatic carbocycles. The van der Waals surface area contributed by atoms with Crippen LogP contribution in [0.3, 0.4) is 0 Å². The van der Waals surface area contributed by atoms with Crippen LogP contribution in [0.5, 0.6) is 5.75 Å². The maximum atomic E-state index is 11.9. The van der Waals surface area contributed by atoms with Crippen molar-refractivity contribution in [1.29, 1.82) is 0 Å². The van der Waals surface area contributed by atoms with E-state index in [0.29, 0.717) is 13.2 Å². The second-order valence-corrected chi connectivity index (χ2v) is 6.03. The Morgan fingerprint density at radius 1 is 0.913 bits per heavy atom. The zero-order chi connectivity index (χ0) is 15.9. The maximum absolute atomic E-state index is 11.9. The van der Waals surface area contributed by atoms with E-state index in [4.69, 9.17) is 4.74 Å². The van der Waals surface area contributed by atoms with E-state index in [1.807, 2.05) is 72.1 Å². The van der Waals surface area contributed by atoms with Crippen LogP contribution in [0.15, 0.2) is 72.1 Å². The van der Waals surface area contributed by atoms with E-state index in [1.165, 1.54) is 11.3 Å². The zero-order valence-corrected chi connectivity index (χ0v) is 13.4. The van der Waals surface area contributed by atoms with Crippen molar-refractivity contribution in [2.45, 2.75) is 13.2 Å². The van der Waals surface area contributed by atoms with Crippen LogP contribution in [-0.2, 0) is 13.2 Å². The molecule has 0 aliphatic heterocycles. The first-order valence-corrected chi connectivity index (χ1v) is 8.26. The van der Waals surface area contributed by atoms with Gasteiger partial charge < -0.3 is 10.1 Å². The number of amides is 1. The van der Waals surface area contributed by atoms with E-state index in [1.54, 1.807) is 0 Å². The number of ether oxygens (including phenoxy) is 1. The fourth-order valence-corrected chi connectivity index (χ4v) is 2.76. The third-order valence-electron chi connectivity index (χ3n) is 3.37. The van der Waals surface area contributed by atoms with Crippen LogP contribution in [0.1, 0.15) is 20.8 Å². The molecule has 1 aromatic heterocycles. The minimum absolute atomic E-state index is 0.0376. The smallest absolute Gasteiger partial charge is 0.261 e. The summed E-state index contributed by atoms with van der Waals surface area (Å²) in [6.07, 6.45) is 0. The fourth-order valence-electron chi connectivity index (χ4n) is 2.12. The van der Waals surface area contributed by atoms with E-state index in [9.17, 15) is 4.79 Å². The normalized spacial score (nSPS) is 10.3. The molecule has 3 nitrogen and oxygen atoms in total. The van der Waals surface area contributed by atoms with E-state index in [2.05, 4.69) is 5.32 Å². The molecule has 1 amide bonds. The number of hydrogen-bond acceptors (Lipinski definition) is 3. The van der Waals surface area contributed by atoms with Crippen molar-refractivity contribution in [3.8, 4) is 5.75 Å². The molecular weight excluding hydrogens is 306 g/mol. The standard InChI is InChI=1S/C19H17NO2S/c21-19(18-7-4-12-23-18)20-13-15-8-10-17(11-9-15)22-14-16-5-2-1-3-6-16/h1-12H,13-14H2,(H,20,21). The SMILES string of the molecule is O=C(NCc1ccc(OCc2ccccc2)cc1)c1cccs1. The first-order valence-electron chi connectivity index (χ1n) is 7.38. The number of rotatable bonds is 6. The average molecular weight is 323 g/mol. The Balaban J connectivity index is 1.50. The first-order chi connectivity index (χ1) is 11.3. The van der Waals surface area contributed by atoms with Crippen LogP contribution in [0.2, 0.25) is 0 Å². The van der Waals surface area contributed by atoms with Gasteiger partial charge in [0.1, 0.15) is 12.4 Å². The largest absolute Gasteiger partial charge is 0.489 e. The van der Waals surface area contributed by atoms with Gasteiger partial charge in [-0.15, -0.1) is 11.3 Å². The monoisotopic (exact) mass is 323 g/mol. The lowest BCUT2D eigenvalue weighted by molar-refractivity contribution is 0.0955. The number of thiophene rings is 1. The first kappa shape index (κ1) is 15.3. The Morgan fingerprint density at radius 2 is 1.70 bits per heavy atom. The average Bonchev–Trinajstić information content (AvgIpc) is 3.14. The molecule has 0 atom stereocenters. The van der Waals surface area contributed by atoms with E-state index in [0.717, 1.165) is 21.8 Å². The van der Waals surface area contributed by atoms with Crippen LogP contribution in [-0.4, -0.2) is 5.91 Å². The molecule has 0 spiro atoms. The molecule has 1 N–H and O–H groups in total. The van der Waals surface area contributed by atoms with Crippen molar-refractivity contribution in [2.24, 2.45) is 0 Å². The Labute approximate surface area is 139 Å². The second kappa shape index (κ2) is 7.61. The molecule has 0 aliphatic rings. The van der Waals surface area contributed by atoms with Gasteiger partial charge in [0.15, 0.2) is 0 Å². The van der Waals surface area contributed by atoms with Gasteiger partial charge in [0.2, 0.25) is 0 Å². The van der Waals surface area contributed by atoms with Gasteiger partial charge in [-0.2, -0.15) is 0 Å². The molecule has 116 valence electrons. The van der Waals surface area contributed by atoms with Crippen molar-refractivity contribution in [1.82, 2.24) is 5.32 Å². The lowest BCUT2D eigenvalue weighted by atomic mass is 10.2. The molecule has 0 aliphatic carbocycles. The van der Waals surface area contributed by atoms with Crippen molar-refractivity contribution in [3.63, 3.8) is 0 Å². The van der Waals surface area contributed by atoms with Gasteiger partial charge in [-0.1, -0.05) is 48.5 Å². The van der Waals surface area contributed by atoms with Crippen LogP contribution in [0.25, 0.3) is 0 Å². The summed E-state index contributed by atoms with van der Waals surface area (Å²) in [5, 5.41) is 4.81. The Kier molecular flexibility index (Phi) is 5.06. The van der Waals surface area contributed by atoms with Gasteiger partial charge in [-0.25, -0.2) is 0 Å². The van der Waals surface area contributed by atoms with Gasteiger partial charge in [-0.3, -0.25) is 4.79 Å². The molecular formula is C19H17NO2S. The summed E-state index contributed by atoms with van der Waals surface area (Å²) in [6, 6.07) is 21.5. The Bertz CT molecular complexity index is 737. The number of nitrogens with one attached hydrogen (secondary N) is 1. The van der Waals surface area contributed by atoms with Gasteiger partial charge in [-0.05, 0) is 34.7 Å². The topological polar surface area (TPSA) is 38.3 Å². The molecule has 4 heteroatoms. The molecule has 3 aromatic rings. The molecule has 0 radical (unpaired) electrons. The van der Waals surface area contributed by atoms with Gasteiger partial charge in [0.25, 0.3) is 5.91 Å². The molecule has 0 fully saturated rings. The van der Waals surface area contributed by atoms with Gasteiger partial charge in [0, 0.05) is 6.54 Å². The third-order valence-corrected chi connectivity index (χ3v) is 4.24. The van der Waals surface area contributed by atoms with Crippen LogP contribution < -0.4 is 10.1 Å². The molecule has 0 unspecified atom stereocenters. The van der Waals surface area contributed by atoms with E-state index < -0.39 is 0 Å². The zero-order valence-electron chi connectivity index (χ0n) is 12.6. The Hall–Kier alpha value is -2.59. The summed E-state index contributed by atoms with van der Waals surface area (Å²) in [5.74, 6) is 0.784. The molecule has 0 bridgehead atoms. The molecule has 1 heterocycles. The van der Waals surface area contributed by atoms with Crippen LogP contribution >= 0.6 is 11.3 Å². The number of carbonyl (C=O) groups is 1. The lowest BCUT2D eigenvalue weighted by Crippen LogP contribution is -2.21. The van der Waals surface area contributed by atoms with Crippen molar-refractivity contribution < 1.29 is 9.53 Å². The second-order valence-electron chi connectivity index (χ2n) is 5.08. The van der Waals surface area contributed by atoms with Crippen molar-refractivity contribution in [3.05, 3.63) is 88.1 Å². The highest BCUT2D eigenvalue weighted by Crippen LogP contribution is 2.14.